The normalized spacial score (nSPS) is 9.23. The molecule has 1 aromatic carbocycles. The Balaban J connectivity index is 3.20. The third-order valence-electron chi connectivity index (χ3n) is 1.30. The summed E-state index contributed by atoms with van der Waals surface area (Å²) in [5.41, 5.74) is -0.286. The molecule has 0 radical (unpaired) electrons. The average molecular weight is 202 g/mol. The highest BCUT2D eigenvalue weighted by Gasteiger charge is 2.08. The van der Waals surface area contributed by atoms with Crippen LogP contribution in [-0.4, -0.2) is 5.75 Å². The first-order valence-electron chi connectivity index (χ1n) is 3.39. The Kier molecular flexibility index (Phi) is 3.26. The lowest BCUT2D eigenvalue weighted by Gasteiger charge is -1.96. The summed E-state index contributed by atoms with van der Waals surface area (Å²) in [6.45, 7) is 0. The second-order valence-electron chi connectivity index (χ2n) is 2.21. The summed E-state index contributed by atoms with van der Waals surface area (Å²) in [7, 11) is 0. The van der Waals surface area contributed by atoms with Crippen molar-refractivity contribution in [1.82, 2.24) is 0 Å². The zero-order chi connectivity index (χ0) is 9.84. The van der Waals surface area contributed by atoms with E-state index < -0.39 is 17.5 Å². The Morgan fingerprint density at radius 3 is 2.54 bits per heavy atom. The van der Waals surface area contributed by atoms with Crippen LogP contribution in [0.2, 0.25) is 0 Å². The van der Waals surface area contributed by atoms with Crippen molar-refractivity contribution in [3.63, 3.8) is 0 Å². The summed E-state index contributed by atoms with van der Waals surface area (Å²) in [4.78, 5) is 0. The highest BCUT2D eigenvalue weighted by molar-refractivity contribution is 7.80. The van der Waals surface area contributed by atoms with E-state index in [0.29, 0.717) is 6.07 Å². The molecule has 0 aromatic heterocycles. The molecule has 0 N–H and O–H groups in total. The van der Waals surface area contributed by atoms with Crippen molar-refractivity contribution in [3.8, 4) is 11.8 Å². The van der Waals surface area contributed by atoms with Crippen molar-refractivity contribution in [1.29, 1.82) is 0 Å². The maximum Gasteiger partial charge on any atom is 0.174 e. The molecule has 0 aliphatic carbocycles. The highest BCUT2D eigenvalue weighted by atomic mass is 32.1. The second kappa shape index (κ2) is 4.24. The number of benzene rings is 1. The van der Waals surface area contributed by atoms with Crippen LogP contribution in [0, 0.1) is 29.3 Å². The molecule has 68 valence electrons. The maximum atomic E-state index is 12.8. The molecule has 0 saturated heterocycles. The molecular weight excluding hydrogens is 197 g/mol. The molecule has 0 unspecified atom stereocenters. The molecule has 0 bridgehead atoms. The minimum Gasteiger partial charge on any atom is -0.207 e. The Labute approximate surface area is 79.2 Å². The fourth-order valence-corrected chi connectivity index (χ4v) is 0.861. The summed E-state index contributed by atoms with van der Waals surface area (Å²) >= 11 is 3.75. The Morgan fingerprint density at radius 2 is 1.92 bits per heavy atom. The third-order valence-corrected chi connectivity index (χ3v) is 1.45. The molecule has 0 fully saturated rings. The zero-order valence-electron chi connectivity index (χ0n) is 6.44. The van der Waals surface area contributed by atoms with E-state index in [-0.39, 0.29) is 11.3 Å². The smallest absolute Gasteiger partial charge is 0.174 e. The lowest BCUT2D eigenvalue weighted by molar-refractivity contribution is 0.492. The number of hydrogen-bond donors (Lipinski definition) is 1. The van der Waals surface area contributed by atoms with Crippen molar-refractivity contribution in [2.45, 2.75) is 0 Å². The minimum atomic E-state index is -1.23. The van der Waals surface area contributed by atoms with Gasteiger partial charge in [-0.3, -0.25) is 0 Å². The van der Waals surface area contributed by atoms with Gasteiger partial charge in [-0.25, -0.2) is 13.2 Å². The van der Waals surface area contributed by atoms with Gasteiger partial charge in [0.25, 0.3) is 0 Å². The van der Waals surface area contributed by atoms with Crippen molar-refractivity contribution >= 4 is 12.6 Å². The fourth-order valence-electron chi connectivity index (χ4n) is 0.782. The van der Waals surface area contributed by atoms with E-state index in [1.54, 1.807) is 0 Å². The van der Waals surface area contributed by atoms with E-state index in [1.165, 1.54) is 0 Å². The van der Waals surface area contributed by atoms with E-state index in [1.807, 2.05) is 0 Å². The molecule has 1 rings (SSSR count). The van der Waals surface area contributed by atoms with E-state index in [0.717, 1.165) is 6.07 Å². The zero-order valence-corrected chi connectivity index (χ0v) is 7.34. The van der Waals surface area contributed by atoms with Gasteiger partial charge in [-0.1, -0.05) is 11.8 Å². The van der Waals surface area contributed by atoms with E-state index >= 15 is 0 Å². The molecule has 0 aliphatic rings. The van der Waals surface area contributed by atoms with E-state index in [9.17, 15) is 13.2 Å². The molecule has 0 atom stereocenters. The van der Waals surface area contributed by atoms with Crippen LogP contribution in [0.5, 0.6) is 0 Å². The Bertz CT molecular complexity index is 376. The van der Waals surface area contributed by atoms with Gasteiger partial charge >= 0.3 is 0 Å². The summed E-state index contributed by atoms with van der Waals surface area (Å²) in [5.74, 6) is 1.66. The van der Waals surface area contributed by atoms with Crippen molar-refractivity contribution in [2.24, 2.45) is 0 Å². The van der Waals surface area contributed by atoms with Crippen molar-refractivity contribution in [3.05, 3.63) is 35.1 Å². The van der Waals surface area contributed by atoms with Crippen LogP contribution in [0.3, 0.4) is 0 Å². The third kappa shape index (κ3) is 2.43. The van der Waals surface area contributed by atoms with Crippen LogP contribution in [0.25, 0.3) is 0 Å². The van der Waals surface area contributed by atoms with Gasteiger partial charge in [0.1, 0.15) is 5.82 Å². The number of thiol groups is 1. The van der Waals surface area contributed by atoms with Crippen LogP contribution in [0.4, 0.5) is 13.2 Å². The number of hydrogen-bond acceptors (Lipinski definition) is 1. The van der Waals surface area contributed by atoms with E-state index in [4.69, 9.17) is 0 Å². The summed E-state index contributed by atoms with van der Waals surface area (Å²) in [6.07, 6.45) is 0. The standard InChI is InChI=1S/C9H5F3S/c10-7-4-6(2-1-3-13)9(12)8(11)5-7/h4-5,13H,3H2. The molecule has 1 aromatic rings. The van der Waals surface area contributed by atoms with E-state index in [2.05, 4.69) is 24.5 Å². The largest absolute Gasteiger partial charge is 0.207 e. The van der Waals surface area contributed by atoms with Gasteiger partial charge in [-0.05, 0) is 6.07 Å². The molecule has 0 heterocycles. The van der Waals surface area contributed by atoms with Gasteiger partial charge in [0.15, 0.2) is 11.6 Å². The lowest BCUT2D eigenvalue weighted by atomic mass is 10.2. The Hall–Kier alpha value is -1.08. The predicted octanol–water partition coefficient (Wildman–Crippen LogP) is 2.39. The fraction of sp³-hybridized carbons (Fsp3) is 0.111. The topological polar surface area (TPSA) is 0 Å². The van der Waals surface area contributed by atoms with Crippen LogP contribution >= 0.6 is 12.6 Å². The molecular formula is C9H5F3S. The lowest BCUT2D eigenvalue weighted by Crippen LogP contribution is -1.91. The van der Waals surface area contributed by atoms with Crippen LogP contribution in [0.1, 0.15) is 5.56 Å². The quantitative estimate of drug-likeness (QED) is 0.373. The summed E-state index contributed by atoms with van der Waals surface area (Å²) in [6, 6.07) is 1.32. The molecule has 0 amide bonds. The van der Waals surface area contributed by atoms with Crippen LogP contribution in [-0.2, 0) is 0 Å². The first-order chi connectivity index (χ1) is 6.15. The molecule has 4 heteroatoms. The molecule has 0 aliphatic heterocycles. The molecule has 0 spiro atoms. The molecule has 0 saturated carbocycles. The van der Waals surface area contributed by atoms with Crippen molar-refractivity contribution in [2.75, 3.05) is 5.75 Å². The minimum absolute atomic E-state index is 0.206. The highest BCUT2D eigenvalue weighted by Crippen LogP contribution is 2.12. The van der Waals surface area contributed by atoms with Crippen molar-refractivity contribution < 1.29 is 13.2 Å². The number of halogens is 3. The monoisotopic (exact) mass is 202 g/mol. The number of rotatable bonds is 0. The first kappa shape index (κ1) is 10.0. The molecule has 0 nitrogen and oxygen atoms in total. The average Bonchev–Trinajstić information content (AvgIpc) is 2.09. The van der Waals surface area contributed by atoms with Crippen LogP contribution in [0.15, 0.2) is 12.1 Å². The van der Waals surface area contributed by atoms with Gasteiger partial charge in [0.05, 0.1) is 11.3 Å². The summed E-state index contributed by atoms with van der Waals surface area (Å²) in [5, 5.41) is 0. The molecule has 13 heavy (non-hydrogen) atoms. The van der Waals surface area contributed by atoms with Crippen LogP contribution < -0.4 is 0 Å². The van der Waals surface area contributed by atoms with Gasteiger partial charge in [-0.2, -0.15) is 12.6 Å². The van der Waals surface area contributed by atoms with Gasteiger partial charge in [-0.15, -0.1) is 0 Å². The first-order valence-corrected chi connectivity index (χ1v) is 4.02. The predicted molar refractivity (Wildman–Crippen MR) is 47.0 cm³/mol. The maximum absolute atomic E-state index is 12.8. The van der Waals surface area contributed by atoms with Gasteiger partial charge < -0.3 is 0 Å². The van der Waals surface area contributed by atoms with Gasteiger partial charge in [0, 0.05) is 6.07 Å². The Morgan fingerprint density at radius 1 is 1.23 bits per heavy atom. The SMILES string of the molecule is Fc1cc(F)c(F)c(C#CCS)c1. The summed E-state index contributed by atoms with van der Waals surface area (Å²) < 4.78 is 37.9. The van der Waals surface area contributed by atoms with Gasteiger partial charge in [0.2, 0.25) is 0 Å². The second-order valence-corrected chi connectivity index (χ2v) is 2.53.